The van der Waals surface area contributed by atoms with Crippen LogP contribution in [0.1, 0.15) is 25.0 Å². The topological polar surface area (TPSA) is 38.7 Å². The van der Waals surface area contributed by atoms with Crippen LogP contribution in [-0.2, 0) is 5.41 Å². The summed E-state index contributed by atoms with van der Waals surface area (Å²) >= 11 is 0. The predicted molar refractivity (Wildman–Crippen MR) is 235 cm³/mol. The van der Waals surface area contributed by atoms with Crippen molar-refractivity contribution in [3.05, 3.63) is 212 Å². The molecule has 1 aliphatic rings. The lowest BCUT2D eigenvalue weighted by atomic mass is 9.82. The smallest absolute Gasteiger partial charge is 0.160 e. The molecule has 0 saturated carbocycles. The Morgan fingerprint density at radius 2 is 0.825 bits per heavy atom. The zero-order valence-corrected chi connectivity index (χ0v) is 31.9. The molecule has 0 unspecified atom stereocenters. The summed E-state index contributed by atoms with van der Waals surface area (Å²) < 4.78 is 0. The van der Waals surface area contributed by atoms with Gasteiger partial charge in [0.2, 0.25) is 0 Å². The van der Waals surface area contributed by atoms with Crippen molar-refractivity contribution in [1.82, 2.24) is 15.0 Å². The molecule has 0 radical (unpaired) electrons. The molecule has 0 spiro atoms. The van der Waals surface area contributed by atoms with Crippen molar-refractivity contribution in [2.75, 3.05) is 0 Å². The molecule has 57 heavy (non-hydrogen) atoms. The molecule has 10 rings (SSSR count). The monoisotopic (exact) mass is 729 g/mol. The Kier molecular flexibility index (Phi) is 8.49. The number of hydrogen-bond donors (Lipinski definition) is 0. The molecule has 0 amide bonds. The average molecular weight is 730 g/mol. The largest absolute Gasteiger partial charge is 0.264 e. The van der Waals surface area contributed by atoms with Crippen molar-refractivity contribution in [2.24, 2.45) is 0 Å². The van der Waals surface area contributed by atoms with Crippen LogP contribution in [0.25, 0.3) is 89.5 Å². The highest BCUT2D eigenvalue weighted by Crippen LogP contribution is 2.50. The quantitative estimate of drug-likeness (QED) is 0.164. The molecule has 0 saturated heterocycles. The summed E-state index contributed by atoms with van der Waals surface area (Å²) in [5, 5.41) is 0. The lowest BCUT2D eigenvalue weighted by Crippen LogP contribution is -2.14. The van der Waals surface area contributed by atoms with Crippen LogP contribution < -0.4 is 0 Å². The summed E-state index contributed by atoms with van der Waals surface area (Å²) in [6.07, 6.45) is 3.72. The van der Waals surface area contributed by atoms with Gasteiger partial charge in [0.15, 0.2) is 5.82 Å². The fourth-order valence-corrected chi connectivity index (χ4v) is 8.32. The van der Waals surface area contributed by atoms with Gasteiger partial charge in [0.1, 0.15) is 0 Å². The third-order valence-corrected chi connectivity index (χ3v) is 11.4. The first-order valence-corrected chi connectivity index (χ1v) is 19.5. The van der Waals surface area contributed by atoms with Gasteiger partial charge in [-0.2, -0.15) is 0 Å². The normalized spacial score (nSPS) is 12.5. The summed E-state index contributed by atoms with van der Waals surface area (Å²) in [4.78, 5) is 14.8. The fourth-order valence-electron chi connectivity index (χ4n) is 8.32. The predicted octanol–water partition coefficient (Wildman–Crippen LogP) is 13.8. The van der Waals surface area contributed by atoms with E-state index >= 15 is 0 Å². The Morgan fingerprint density at radius 3 is 1.51 bits per heavy atom. The molecule has 9 aromatic rings. The van der Waals surface area contributed by atoms with Gasteiger partial charge in [0.05, 0.1) is 11.4 Å². The number of pyridine rings is 1. The lowest BCUT2D eigenvalue weighted by molar-refractivity contribution is 0.660. The van der Waals surface area contributed by atoms with Gasteiger partial charge in [-0.15, -0.1) is 0 Å². The van der Waals surface area contributed by atoms with Gasteiger partial charge in [-0.1, -0.05) is 166 Å². The Morgan fingerprint density at radius 1 is 0.333 bits per heavy atom. The van der Waals surface area contributed by atoms with E-state index in [1.807, 2.05) is 42.7 Å². The highest BCUT2D eigenvalue weighted by molar-refractivity contribution is 5.88. The standard InChI is InChI=1S/C54H39N3/c1-54(2)49-18-10-9-17-47(49)48-33-42(27-28-50(48)54)45-30-44(39-21-19-38(20-22-39)43-16-11-29-55-35-43)31-46(32-45)52-34-51(56-53(57-52)41-14-7-4-8-15-41)40-25-23-37(24-26-40)36-12-5-3-6-13-36/h3-35H,1-2H3. The van der Waals surface area contributed by atoms with E-state index in [1.165, 1.54) is 38.9 Å². The molecule has 0 fully saturated rings. The number of nitrogens with zero attached hydrogens (tertiary/aromatic N) is 3. The minimum absolute atomic E-state index is 0.0576. The number of benzene rings is 7. The van der Waals surface area contributed by atoms with E-state index in [1.54, 1.807) is 0 Å². The summed E-state index contributed by atoms with van der Waals surface area (Å²) in [5.74, 6) is 0.694. The molecule has 1 aliphatic carbocycles. The van der Waals surface area contributed by atoms with Crippen LogP contribution in [0.4, 0.5) is 0 Å². The van der Waals surface area contributed by atoms with Gasteiger partial charge < -0.3 is 0 Å². The third kappa shape index (κ3) is 6.43. The molecular weight excluding hydrogens is 691 g/mol. The van der Waals surface area contributed by atoms with Crippen molar-refractivity contribution in [1.29, 1.82) is 0 Å². The van der Waals surface area contributed by atoms with E-state index < -0.39 is 0 Å². The summed E-state index contributed by atoms with van der Waals surface area (Å²) in [5.41, 5.74) is 19.2. The fraction of sp³-hybridized carbons (Fsp3) is 0.0556. The summed E-state index contributed by atoms with van der Waals surface area (Å²) in [6, 6.07) is 67.2. The van der Waals surface area contributed by atoms with Gasteiger partial charge in [-0.25, -0.2) is 9.97 Å². The zero-order chi connectivity index (χ0) is 38.3. The van der Waals surface area contributed by atoms with E-state index in [2.05, 4.69) is 177 Å². The van der Waals surface area contributed by atoms with E-state index in [4.69, 9.17) is 9.97 Å². The minimum Gasteiger partial charge on any atom is -0.264 e. The summed E-state index contributed by atoms with van der Waals surface area (Å²) in [7, 11) is 0. The van der Waals surface area contributed by atoms with Crippen molar-refractivity contribution in [3.8, 4) is 89.5 Å². The summed E-state index contributed by atoms with van der Waals surface area (Å²) in [6.45, 7) is 4.66. The van der Waals surface area contributed by atoms with Gasteiger partial charge >= 0.3 is 0 Å². The molecule has 0 bridgehead atoms. The van der Waals surface area contributed by atoms with Crippen LogP contribution in [0.2, 0.25) is 0 Å². The molecule has 270 valence electrons. The highest BCUT2D eigenvalue weighted by Gasteiger charge is 2.35. The molecule has 2 aromatic heterocycles. The van der Waals surface area contributed by atoms with Crippen LogP contribution in [-0.4, -0.2) is 15.0 Å². The Balaban J connectivity index is 1.14. The van der Waals surface area contributed by atoms with E-state index in [0.29, 0.717) is 5.82 Å². The number of aromatic nitrogens is 3. The molecule has 2 heterocycles. The molecule has 7 aromatic carbocycles. The first kappa shape index (κ1) is 34.3. The third-order valence-electron chi connectivity index (χ3n) is 11.4. The second kappa shape index (κ2) is 14.1. The second-order valence-corrected chi connectivity index (χ2v) is 15.3. The molecule has 0 atom stereocenters. The molecular formula is C54H39N3. The van der Waals surface area contributed by atoms with Crippen molar-refractivity contribution >= 4 is 0 Å². The Labute approximate surface area is 334 Å². The first-order chi connectivity index (χ1) is 28.0. The van der Waals surface area contributed by atoms with E-state index in [0.717, 1.165) is 55.9 Å². The maximum absolute atomic E-state index is 5.28. The average Bonchev–Trinajstić information content (AvgIpc) is 3.52. The SMILES string of the molecule is CC1(C)c2ccccc2-c2cc(-c3cc(-c4ccc(-c5cccnc5)cc4)cc(-c4cc(-c5ccc(-c6ccccc6)cc5)nc(-c5ccccc5)n4)c3)ccc21. The molecule has 3 heteroatoms. The van der Waals surface area contributed by atoms with Crippen LogP contribution >= 0.6 is 0 Å². The highest BCUT2D eigenvalue weighted by atomic mass is 14.9. The first-order valence-electron chi connectivity index (χ1n) is 19.5. The van der Waals surface area contributed by atoms with Crippen LogP contribution in [0.15, 0.2) is 200 Å². The van der Waals surface area contributed by atoms with Gasteiger partial charge in [-0.05, 0) is 103 Å². The van der Waals surface area contributed by atoms with E-state index in [-0.39, 0.29) is 5.41 Å². The van der Waals surface area contributed by atoms with Gasteiger partial charge in [-0.3, -0.25) is 4.98 Å². The van der Waals surface area contributed by atoms with Crippen LogP contribution in [0.5, 0.6) is 0 Å². The van der Waals surface area contributed by atoms with Crippen LogP contribution in [0, 0.1) is 0 Å². The van der Waals surface area contributed by atoms with E-state index in [9.17, 15) is 0 Å². The maximum Gasteiger partial charge on any atom is 0.160 e. The Bertz CT molecular complexity index is 2880. The number of fused-ring (bicyclic) bond motifs is 3. The molecule has 0 aliphatic heterocycles. The van der Waals surface area contributed by atoms with Gasteiger partial charge in [0.25, 0.3) is 0 Å². The second-order valence-electron chi connectivity index (χ2n) is 15.3. The lowest BCUT2D eigenvalue weighted by Gasteiger charge is -2.21. The van der Waals surface area contributed by atoms with Crippen molar-refractivity contribution in [3.63, 3.8) is 0 Å². The number of rotatable bonds is 7. The Hall–Kier alpha value is -7.23. The molecule has 0 N–H and O–H groups in total. The van der Waals surface area contributed by atoms with Crippen LogP contribution in [0.3, 0.4) is 0 Å². The van der Waals surface area contributed by atoms with Crippen molar-refractivity contribution in [2.45, 2.75) is 19.3 Å². The van der Waals surface area contributed by atoms with Crippen molar-refractivity contribution < 1.29 is 0 Å². The number of hydrogen-bond acceptors (Lipinski definition) is 3. The maximum atomic E-state index is 5.28. The minimum atomic E-state index is -0.0576. The molecule has 3 nitrogen and oxygen atoms in total. The zero-order valence-electron chi connectivity index (χ0n) is 31.9. The van der Waals surface area contributed by atoms with Gasteiger partial charge in [0, 0.05) is 34.5 Å².